The fourth-order valence-corrected chi connectivity index (χ4v) is 4.81. The van der Waals surface area contributed by atoms with Crippen LogP contribution in [0.4, 0.5) is 0 Å². The summed E-state index contributed by atoms with van der Waals surface area (Å²) >= 11 is 3.45. The zero-order valence-corrected chi connectivity index (χ0v) is 21.7. The molecule has 3 aromatic rings. The lowest BCUT2D eigenvalue weighted by Gasteiger charge is -2.28. The molecule has 0 spiro atoms. The molecule has 1 aliphatic rings. The Kier molecular flexibility index (Phi) is 7.57. The van der Waals surface area contributed by atoms with Gasteiger partial charge in [-0.3, -0.25) is 9.59 Å². The number of carbonyl (C=O) groups is 2. The minimum atomic E-state index is -0.662. The zero-order valence-electron chi connectivity index (χ0n) is 20.1. The molecule has 1 atom stereocenters. The van der Waals surface area contributed by atoms with E-state index in [-0.39, 0.29) is 11.3 Å². The second-order valence-corrected chi connectivity index (χ2v) is 9.41. The molecular formula is C28H29BrN2O4. The van der Waals surface area contributed by atoms with E-state index in [1.165, 1.54) is 0 Å². The highest BCUT2D eigenvalue weighted by Crippen LogP contribution is 2.40. The van der Waals surface area contributed by atoms with E-state index in [9.17, 15) is 14.7 Å². The van der Waals surface area contributed by atoms with Gasteiger partial charge in [0.1, 0.15) is 11.5 Å². The minimum Gasteiger partial charge on any atom is -0.507 e. The smallest absolute Gasteiger partial charge is 0.295 e. The molecule has 1 fully saturated rings. The summed E-state index contributed by atoms with van der Waals surface area (Å²) in [5, 5.41) is 13.2. The van der Waals surface area contributed by atoms with Crippen molar-refractivity contribution < 1.29 is 19.4 Å². The first kappa shape index (κ1) is 24.9. The summed E-state index contributed by atoms with van der Waals surface area (Å²) < 4.78 is 6.19. The molecule has 1 saturated heterocycles. The number of fused-ring (bicyclic) bond motifs is 1. The lowest BCUT2D eigenvalue weighted by molar-refractivity contribution is -0.140. The number of hydrogen-bond acceptors (Lipinski definition) is 5. The van der Waals surface area contributed by atoms with Crippen LogP contribution in [0.15, 0.2) is 70.7 Å². The Hall–Kier alpha value is -3.16. The number of aliphatic hydroxyl groups is 1. The highest BCUT2D eigenvalue weighted by atomic mass is 79.9. The van der Waals surface area contributed by atoms with Crippen molar-refractivity contribution in [3.05, 3.63) is 81.8 Å². The monoisotopic (exact) mass is 536 g/mol. The lowest BCUT2D eigenvalue weighted by Crippen LogP contribution is -2.38. The largest absolute Gasteiger partial charge is 0.507 e. The van der Waals surface area contributed by atoms with Crippen molar-refractivity contribution in [3.63, 3.8) is 0 Å². The van der Waals surface area contributed by atoms with Crippen molar-refractivity contribution in [1.82, 2.24) is 9.80 Å². The second kappa shape index (κ2) is 10.6. The van der Waals surface area contributed by atoms with Crippen LogP contribution in [0.3, 0.4) is 0 Å². The van der Waals surface area contributed by atoms with Crippen LogP contribution < -0.4 is 4.74 Å². The third kappa shape index (κ3) is 4.97. The first-order chi connectivity index (χ1) is 16.9. The van der Waals surface area contributed by atoms with Gasteiger partial charge in [-0.25, -0.2) is 0 Å². The molecule has 4 rings (SSSR count). The zero-order chi connectivity index (χ0) is 25.1. The fraction of sp³-hybridized carbons (Fsp3) is 0.286. The van der Waals surface area contributed by atoms with E-state index in [2.05, 4.69) is 34.7 Å². The molecule has 182 valence electrons. The molecular weight excluding hydrogens is 508 g/mol. The summed E-state index contributed by atoms with van der Waals surface area (Å²) in [4.78, 5) is 30.2. The summed E-state index contributed by atoms with van der Waals surface area (Å²) in [6, 6.07) is 18.0. The molecule has 7 heteroatoms. The van der Waals surface area contributed by atoms with Crippen molar-refractivity contribution in [2.75, 3.05) is 33.3 Å². The molecule has 0 saturated carbocycles. The van der Waals surface area contributed by atoms with Gasteiger partial charge in [0.25, 0.3) is 11.7 Å². The predicted molar refractivity (Wildman–Crippen MR) is 141 cm³/mol. The van der Waals surface area contributed by atoms with Gasteiger partial charge in [-0.05, 0) is 59.8 Å². The topological polar surface area (TPSA) is 70.1 Å². The Balaban J connectivity index is 1.80. The number of likely N-dealkylation sites (N-methyl/N-ethyl adjacent to an activating group) is 1. The molecule has 1 heterocycles. The van der Waals surface area contributed by atoms with E-state index in [0.717, 1.165) is 39.6 Å². The molecule has 0 bridgehead atoms. The van der Waals surface area contributed by atoms with Crippen LogP contribution in [-0.2, 0) is 9.59 Å². The standard InChI is InChI=1S/C28H29BrN2O4/c1-4-30(5-2)14-15-31-25(18-8-11-22(29)12-9-18)24(27(33)28(31)34)26(32)21-7-6-20-17-23(35-3)13-10-19(20)16-21/h6-13,16-17,25,32H,4-5,14-15H2,1-3H3/b26-24+. The fourth-order valence-electron chi connectivity index (χ4n) is 4.54. The molecule has 6 nitrogen and oxygen atoms in total. The molecule has 0 aliphatic carbocycles. The van der Waals surface area contributed by atoms with Crippen LogP contribution in [0, 0.1) is 0 Å². The second-order valence-electron chi connectivity index (χ2n) is 8.50. The summed E-state index contributed by atoms with van der Waals surface area (Å²) in [5.41, 5.74) is 1.38. The van der Waals surface area contributed by atoms with Crippen molar-refractivity contribution in [2.24, 2.45) is 0 Å². The SMILES string of the molecule is CCN(CC)CCN1C(=O)C(=O)/C(=C(/O)c2ccc3cc(OC)ccc3c2)C1c1ccc(Br)cc1. The maximum absolute atomic E-state index is 13.3. The van der Waals surface area contributed by atoms with Crippen LogP contribution in [0.1, 0.15) is 31.0 Å². The number of hydrogen-bond donors (Lipinski definition) is 1. The predicted octanol–water partition coefficient (Wildman–Crippen LogP) is 5.37. The van der Waals surface area contributed by atoms with Gasteiger partial charge in [0.15, 0.2) is 0 Å². The van der Waals surface area contributed by atoms with Gasteiger partial charge in [-0.15, -0.1) is 0 Å². The Morgan fingerprint density at radius 3 is 2.31 bits per heavy atom. The molecule has 1 unspecified atom stereocenters. The van der Waals surface area contributed by atoms with Gasteiger partial charge in [-0.2, -0.15) is 0 Å². The van der Waals surface area contributed by atoms with Gasteiger partial charge in [0.2, 0.25) is 0 Å². The average molecular weight is 537 g/mol. The number of carbonyl (C=O) groups excluding carboxylic acids is 2. The number of amides is 1. The Morgan fingerprint density at radius 1 is 1.00 bits per heavy atom. The van der Waals surface area contributed by atoms with Gasteiger partial charge < -0.3 is 19.6 Å². The number of Topliss-reactive ketones (excluding diaryl/α,β-unsaturated/α-hetero) is 1. The molecule has 3 aromatic carbocycles. The maximum Gasteiger partial charge on any atom is 0.295 e. The summed E-state index contributed by atoms with van der Waals surface area (Å²) in [6.07, 6.45) is 0. The Morgan fingerprint density at radius 2 is 1.66 bits per heavy atom. The van der Waals surface area contributed by atoms with E-state index in [1.54, 1.807) is 18.1 Å². The minimum absolute atomic E-state index is 0.115. The molecule has 0 radical (unpaired) electrons. The van der Waals surface area contributed by atoms with Crippen molar-refractivity contribution >= 4 is 44.2 Å². The Labute approximate surface area is 213 Å². The number of ether oxygens (including phenoxy) is 1. The number of benzene rings is 3. The van der Waals surface area contributed by atoms with Gasteiger partial charge >= 0.3 is 0 Å². The van der Waals surface area contributed by atoms with Crippen LogP contribution >= 0.6 is 15.9 Å². The Bertz CT molecular complexity index is 1280. The highest BCUT2D eigenvalue weighted by Gasteiger charge is 2.45. The van der Waals surface area contributed by atoms with Gasteiger partial charge in [-0.1, -0.05) is 60.1 Å². The molecule has 0 aromatic heterocycles. The summed E-state index contributed by atoms with van der Waals surface area (Å²) in [7, 11) is 1.61. The van der Waals surface area contributed by atoms with Gasteiger partial charge in [0.05, 0.1) is 18.7 Å². The van der Waals surface area contributed by atoms with Crippen LogP contribution in [0.2, 0.25) is 0 Å². The number of ketones is 1. The van der Waals surface area contributed by atoms with E-state index < -0.39 is 17.7 Å². The third-order valence-corrected chi connectivity index (χ3v) is 7.13. The quantitative estimate of drug-likeness (QED) is 0.238. The highest BCUT2D eigenvalue weighted by molar-refractivity contribution is 9.10. The molecule has 1 amide bonds. The first-order valence-electron chi connectivity index (χ1n) is 11.7. The number of methoxy groups -OCH3 is 1. The number of aliphatic hydroxyl groups excluding tert-OH is 1. The van der Waals surface area contributed by atoms with Gasteiger partial charge in [0, 0.05) is 23.1 Å². The first-order valence-corrected chi connectivity index (χ1v) is 12.5. The van der Waals surface area contributed by atoms with E-state index >= 15 is 0 Å². The van der Waals surface area contributed by atoms with E-state index in [4.69, 9.17) is 4.74 Å². The number of nitrogens with zero attached hydrogens (tertiary/aromatic N) is 2. The van der Waals surface area contributed by atoms with E-state index in [0.29, 0.717) is 18.7 Å². The van der Waals surface area contributed by atoms with Crippen molar-refractivity contribution in [3.8, 4) is 5.75 Å². The third-order valence-electron chi connectivity index (χ3n) is 6.60. The van der Waals surface area contributed by atoms with Crippen molar-refractivity contribution in [2.45, 2.75) is 19.9 Å². The summed E-state index contributed by atoms with van der Waals surface area (Å²) in [6.45, 7) is 6.88. The molecule has 35 heavy (non-hydrogen) atoms. The normalized spacial score (nSPS) is 17.5. The van der Waals surface area contributed by atoms with Crippen LogP contribution in [-0.4, -0.2) is 59.9 Å². The lowest BCUT2D eigenvalue weighted by atomic mass is 9.94. The van der Waals surface area contributed by atoms with E-state index in [1.807, 2.05) is 54.6 Å². The summed E-state index contributed by atoms with van der Waals surface area (Å²) in [5.74, 6) is -0.676. The van der Waals surface area contributed by atoms with Crippen molar-refractivity contribution in [1.29, 1.82) is 0 Å². The number of halogens is 1. The van der Waals surface area contributed by atoms with Crippen LogP contribution in [0.5, 0.6) is 5.75 Å². The number of rotatable bonds is 8. The number of likely N-dealkylation sites (tertiary alicyclic amines) is 1. The maximum atomic E-state index is 13.3. The molecule has 1 N–H and O–H groups in total. The average Bonchev–Trinajstić information content (AvgIpc) is 3.13. The molecule has 1 aliphatic heterocycles. The van der Waals surface area contributed by atoms with Crippen LogP contribution in [0.25, 0.3) is 16.5 Å².